The zero-order valence-corrected chi connectivity index (χ0v) is 22.3. The van der Waals surface area contributed by atoms with Crippen LogP contribution >= 0.6 is 11.8 Å². The maximum Gasteiger partial charge on any atom is 0.255 e. The lowest BCUT2D eigenvalue weighted by atomic mass is 10.0. The molecule has 0 saturated heterocycles. The number of rotatable bonds is 10. The number of hydrogen-bond donors (Lipinski definition) is 0. The highest BCUT2D eigenvalue weighted by atomic mass is 32.2. The first-order valence-electron chi connectivity index (χ1n) is 12.2. The summed E-state index contributed by atoms with van der Waals surface area (Å²) in [4.78, 5) is 17.7. The van der Waals surface area contributed by atoms with E-state index in [9.17, 15) is 13.2 Å². The third-order valence-electron chi connectivity index (χ3n) is 6.60. The van der Waals surface area contributed by atoms with Gasteiger partial charge in [-0.1, -0.05) is 24.3 Å². The first kappa shape index (κ1) is 25.5. The Hall–Kier alpha value is -3.14. The highest BCUT2D eigenvalue weighted by Crippen LogP contribution is 2.26. The van der Waals surface area contributed by atoms with Crippen molar-refractivity contribution in [1.82, 2.24) is 13.9 Å². The van der Waals surface area contributed by atoms with Crippen LogP contribution in [0, 0.1) is 0 Å². The molecule has 3 heterocycles. The van der Waals surface area contributed by atoms with E-state index in [1.54, 1.807) is 55.4 Å². The minimum Gasteiger partial charge on any atom is -0.497 e. The quantitative estimate of drug-likeness (QED) is 0.279. The van der Waals surface area contributed by atoms with E-state index < -0.39 is 10.0 Å². The Balaban J connectivity index is 1.33. The Morgan fingerprint density at radius 2 is 1.92 bits per heavy atom. The van der Waals surface area contributed by atoms with E-state index in [4.69, 9.17) is 4.74 Å². The van der Waals surface area contributed by atoms with Crippen molar-refractivity contribution >= 4 is 32.7 Å². The lowest BCUT2D eigenvalue weighted by Crippen LogP contribution is -2.33. The summed E-state index contributed by atoms with van der Waals surface area (Å²) in [5.74, 6) is 1.66. The summed E-state index contributed by atoms with van der Waals surface area (Å²) in [6, 6.07) is 20.1. The second kappa shape index (κ2) is 11.1. The number of nitrogens with zero attached hydrogens (tertiary/aromatic N) is 3. The lowest BCUT2D eigenvalue weighted by molar-refractivity contribution is 0.413. The predicted octanol–water partition coefficient (Wildman–Crippen LogP) is 4.48. The van der Waals surface area contributed by atoms with Gasteiger partial charge >= 0.3 is 0 Å². The van der Waals surface area contributed by atoms with Crippen LogP contribution in [-0.4, -0.2) is 41.7 Å². The van der Waals surface area contributed by atoms with E-state index in [-0.39, 0.29) is 17.0 Å². The zero-order chi connectivity index (χ0) is 25.8. The molecular weight excluding hydrogens is 506 g/mol. The SMILES string of the molecule is COc1ccc(S(=O)(=O)N(CCSCc2cc3cccc4c3n(c2=O)CCC4)Cc2ccccn2)cc1. The molecule has 0 atom stereocenters. The maximum absolute atomic E-state index is 13.5. The molecule has 0 N–H and O–H groups in total. The molecule has 0 radical (unpaired) electrons. The van der Waals surface area contributed by atoms with Gasteiger partial charge in [0.1, 0.15) is 5.75 Å². The average molecular weight is 536 g/mol. The van der Waals surface area contributed by atoms with E-state index in [1.807, 2.05) is 28.8 Å². The molecule has 5 rings (SSSR count). The largest absolute Gasteiger partial charge is 0.497 e. The molecule has 2 aromatic carbocycles. The summed E-state index contributed by atoms with van der Waals surface area (Å²) in [6.07, 6.45) is 3.63. The number of ether oxygens (including phenoxy) is 1. The number of benzene rings is 2. The molecule has 0 saturated carbocycles. The van der Waals surface area contributed by atoms with Gasteiger partial charge in [0, 0.05) is 36.4 Å². The summed E-state index contributed by atoms with van der Waals surface area (Å²) in [7, 11) is -2.21. The van der Waals surface area contributed by atoms with Gasteiger partial charge < -0.3 is 9.30 Å². The molecular formula is C28H29N3O4S2. The molecule has 9 heteroatoms. The lowest BCUT2D eigenvalue weighted by Gasteiger charge is -2.22. The number of hydrogen-bond acceptors (Lipinski definition) is 6. The molecule has 0 aliphatic carbocycles. The van der Waals surface area contributed by atoms with Gasteiger partial charge in [-0.15, -0.1) is 0 Å². The molecule has 192 valence electrons. The molecule has 0 bridgehead atoms. The van der Waals surface area contributed by atoms with Crippen molar-refractivity contribution in [3.63, 3.8) is 0 Å². The van der Waals surface area contributed by atoms with Crippen molar-refractivity contribution in [3.8, 4) is 5.75 Å². The van der Waals surface area contributed by atoms with Crippen LogP contribution in [0.2, 0.25) is 0 Å². The fraction of sp³-hybridized carbons (Fsp3) is 0.286. The Morgan fingerprint density at radius 3 is 2.68 bits per heavy atom. The van der Waals surface area contributed by atoms with Crippen LogP contribution in [-0.2, 0) is 35.3 Å². The Kier molecular flexibility index (Phi) is 7.64. The molecule has 0 fully saturated rings. The van der Waals surface area contributed by atoms with Crippen molar-refractivity contribution in [2.45, 2.75) is 36.6 Å². The fourth-order valence-electron chi connectivity index (χ4n) is 4.73. The van der Waals surface area contributed by atoms with Crippen LogP contribution in [0.5, 0.6) is 5.75 Å². The normalized spacial score (nSPS) is 13.2. The summed E-state index contributed by atoms with van der Waals surface area (Å²) in [5, 5.41) is 1.09. The van der Waals surface area contributed by atoms with Gasteiger partial charge in [0.2, 0.25) is 10.0 Å². The minimum atomic E-state index is -3.76. The van der Waals surface area contributed by atoms with Gasteiger partial charge in [0.25, 0.3) is 5.56 Å². The van der Waals surface area contributed by atoms with Crippen molar-refractivity contribution in [1.29, 1.82) is 0 Å². The van der Waals surface area contributed by atoms with Crippen LogP contribution in [0.4, 0.5) is 0 Å². The van der Waals surface area contributed by atoms with E-state index in [0.717, 1.165) is 35.9 Å². The van der Waals surface area contributed by atoms with E-state index in [1.165, 1.54) is 9.87 Å². The Morgan fingerprint density at radius 1 is 1.08 bits per heavy atom. The fourth-order valence-corrected chi connectivity index (χ4v) is 7.18. The Labute approximate surface area is 221 Å². The highest BCUT2D eigenvalue weighted by molar-refractivity contribution is 7.98. The van der Waals surface area contributed by atoms with Crippen molar-refractivity contribution < 1.29 is 13.2 Å². The Bertz CT molecular complexity index is 1550. The number of aryl methyl sites for hydroxylation is 2. The number of methoxy groups -OCH3 is 1. The van der Waals surface area contributed by atoms with Crippen LogP contribution in [0.1, 0.15) is 23.2 Å². The molecule has 7 nitrogen and oxygen atoms in total. The number of thioether (sulfide) groups is 1. The summed E-state index contributed by atoms with van der Waals surface area (Å²) in [5.41, 5.74) is 3.77. The minimum absolute atomic E-state index is 0.0587. The zero-order valence-electron chi connectivity index (χ0n) is 20.7. The van der Waals surface area contributed by atoms with Gasteiger partial charge in [0.05, 0.1) is 29.8 Å². The third kappa shape index (κ3) is 5.44. The summed E-state index contributed by atoms with van der Waals surface area (Å²) in [6.45, 7) is 1.20. The van der Waals surface area contributed by atoms with E-state index in [0.29, 0.717) is 29.5 Å². The number of para-hydroxylation sites is 1. The highest BCUT2D eigenvalue weighted by Gasteiger charge is 2.25. The summed E-state index contributed by atoms with van der Waals surface area (Å²) >= 11 is 1.57. The standard InChI is InChI=1S/C28H29N3O4S2/c1-35-25-10-12-26(13-11-25)37(33,34)30(19-24-9-2-3-14-29-24)16-17-36-20-23-18-22-7-4-6-21-8-5-15-31(27(21)22)28(23)32/h2-4,6-7,9-14,18H,5,8,15-17,19-20H2,1H3. The number of aromatic nitrogens is 2. The third-order valence-corrected chi connectivity index (χ3v) is 9.45. The first-order valence-corrected chi connectivity index (χ1v) is 14.8. The molecule has 2 aromatic heterocycles. The summed E-state index contributed by atoms with van der Waals surface area (Å²) < 4.78 is 35.6. The second-order valence-electron chi connectivity index (χ2n) is 8.97. The smallest absolute Gasteiger partial charge is 0.255 e. The molecule has 4 aromatic rings. The van der Waals surface area contributed by atoms with Gasteiger partial charge in [-0.3, -0.25) is 9.78 Å². The molecule has 0 amide bonds. The topological polar surface area (TPSA) is 81.5 Å². The van der Waals surface area contributed by atoms with Crippen molar-refractivity contribution in [2.24, 2.45) is 0 Å². The van der Waals surface area contributed by atoms with Gasteiger partial charge in [-0.25, -0.2) is 8.42 Å². The van der Waals surface area contributed by atoms with Gasteiger partial charge in [0.15, 0.2) is 0 Å². The molecule has 1 aliphatic rings. The first-order chi connectivity index (χ1) is 18.0. The second-order valence-corrected chi connectivity index (χ2v) is 12.0. The average Bonchev–Trinajstić information content (AvgIpc) is 2.93. The monoisotopic (exact) mass is 535 g/mol. The molecule has 1 aliphatic heterocycles. The molecule has 37 heavy (non-hydrogen) atoms. The van der Waals surface area contributed by atoms with Gasteiger partial charge in [-0.05, 0) is 66.3 Å². The maximum atomic E-state index is 13.5. The molecule has 0 spiro atoms. The number of pyridine rings is 2. The van der Waals surface area contributed by atoms with Crippen LogP contribution in [0.15, 0.2) is 82.6 Å². The number of sulfonamides is 1. The van der Waals surface area contributed by atoms with Crippen molar-refractivity contribution in [2.75, 3.05) is 19.4 Å². The molecule has 0 unspecified atom stereocenters. The van der Waals surface area contributed by atoms with Crippen LogP contribution in [0.3, 0.4) is 0 Å². The predicted molar refractivity (Wildman–Crippen MR) is 148 cm³/mol. The van der Waals surface area contributed by atoms with E-state index >= 15 is 0 Å². The van der Waals surface area contributed by atoms with E-state index in [2.05, 4.69) is 17.1 Å². The van der Waals surface area contributed by atoms with Gasteiger partial charge in [-0.2, -0.15) is 16.1 Å². The van der Waals surface area contributed by atoms with Crippen molar-refractivity contribution in [3.05, 3.63) is 100 Å². The van der Waals surface area contributed by atoms with Crippen LogP contribution in [0.25, 0.3) is 10.9 Å². The van der Waals surface area contributed by atoms with Crippen LogP contribution < -0.4 is 10.3 Å².